The molecular formula is C21H25NO2. The molecule has 0 N–H and O–H groups in total. The standard InChI is InChI=1S/C21H25NO2/c1-22(2)17-9-14-20(19-12-7-4-8-13-19)24-21(23)16-15-18-10-5-3-6-11-18/h3-8,10-13,15-16,20H,9,14,17H2,1-2H3/b16-15+. The normalized spacial score (nSPS) is 12.5. The van der Waals surface area contributed by atoms with Crippen LogP contribution in [-0.2, 0) is 9.53 Å². The highest BCUT2D eigenvalue weighted by Gasteiger charge is 2.15. The number of nitrogens with zero attached hydrogens (tertiary/aromatic N) is 1. The van der Waals surface area contributed by atoms with Gasteiger partial charge < -0.3 is 9.64 Å². The van der Waals surface area contributed by atoms with Gasteiger partial charge >= 0.3 is 5.97 Å². The number of benzene rings is 2. The smallest absolute Gasteiger partial charge is 0.331 e. The first-order valence-corrected chi connectivity index (χ1v) is 8.28. The lowest BCUT2D eigenvalue weighted by Crippen LogP contribution is -2.16. The molecule has 0 saturated carbocycles. The van der Waals surface area contributed by atoms with Gasteiger partial charge in [-0.05, 0) is 50.7 Å². The highest BCUT2D eigenvalue weighted by molar-refractivity contribution is 5.87. The molecule has 0 aliphatic carbocycles. The van der Waals surface area contributed by atoms with E-state index in [1.807, 2.05) is 74.8 Å². The predicted molar refractivity (Wildman–Crippen MR) is 98.5 cm³/mol. The summed E-state index contributed by atoms with van der Waals surface area (Å²) in [4.78, 5) is 14.3. The van der Waals surface area contributed by atoms with Crippen LogP contribution in [0.2, 0.25) is 0 Å². The van der Waals surface area contributed by atoms with Gasteiger partial charge in [-0.1, -0.05) is 60.7 Å². The monoisotopic (exact) mass is 323 g/mol. The summed E-state index contributed by atoms with van der Waals surface area (Å²) in [7, 11) is 4.10. The van der Waals surface area contributed by atoms with E-state index in [4.69, 9.17) is 4.74 Å². The summed E-state index contributed by atoms with van der Waals surface area (Å²) < 4.78 is 5.70. The summed E-state index contributed by atoms with van der Waals surface area (Å²) in [5, 5.41) is 0. The lowest BCUT2D eigenvalue weighted by atomic mass is 10.0. The van der Waals surface area contributed by atoms with E-state index in [1.54, 1.807) is 6.08 Å². The lowest BCUT2D eigenvalue weighted by Gasteiger charge is -2.18. The van der Waals surface area contributed by atoms with Gasteiger partial charge in [0.15, 0.2) is 0 Å². The average molecular weight is 323 g/mol. The van der Waals surface area contributed by atoms with Crippen molar-refractivity contribution in [3.63, 3.8) is 0 Å². The molecule has 2 aromatic rings. The summed E-state index contributed by atoms with van der Waals surface area (Å²) in [6, 6.07) is 19.7. The van der Waals surface area contributed by atoms with Gasteiger partial charge in [-0.15, -0.1) is 0 Å². The van der Waals surface area contributed by atoms with Crippen LogP contribution in [0.1, 0.15) is 30.1 Å². The van der Waals surface area contributed by atoms with Crippen molar-refractivity contribution >= 4 is 12.0 Å². The Hall–Kier alpha value is -2.39. The molecule has 24 heavy (non-hydrogen) atoms. The summed E-state index contributed by atoms with van der Waals surface area (Å²) in [6.45, 7) is 0.973. The first-order chi connectivity index (χ1) is 11.6. The minimum Gasteiger partial charge on any atom is -0.454 e. The van der Waals surface area contributed by atoms with Crippen molar-refractivity contribution in [1.29, 1.82) is 0 Å². The van der Waals surface area contributed by atoms with Gasteiger partial charge in [0.05, 0.1) is 0 Å². The molecule has 2 aromatic carbocycles. The number of carbonyl (C=O) groups excluding carboxylic acids is 1. The Bertz CT molecular complexity index is 635. The molecule has 0 heterocycles. The molecule has 2 rings (SSSR count). The third-order valence-electron chi connectivity index (χ3n) is 3.71. The summed E-state index contributed by atoms with van der Waals surface area (Å²) >= 11 is 0. The van der Waals surface area contributed by atoms with Crippen molar-refractivity contribution in [2.75, 3.05) is 20.6 Å². The Morgan fingerprint density at radius 3 is 2.29 bits per heavy atom. The average Bonchev–Trinajstić information content (AvgIpc) is 2.60. The quantitative estimate of drug-likeness (QED) is 0.535. The number of carbonyl (C=O) groups is 1. The Balaban J connectivity index is 1.98. The van der Waals surface area contributed by atoms with Crippen molar-refractivity contribution in [3.05, 3.63) is 77.9 Å². The number of hydrogen-bond donors (Lipinski definition) is 0. The minimum absolute atomic E-state index is 0.209. The third kappa shape index (κ3) is 6.39. The van der Waals surface area contributed by atoms with Gasteiger partial charge in [0.25, 0.3) is 0 Å². The minimum atomic E-state index is -0.308. The maximum atomic E-state index is 12.2. The molecule has 1 unspecified atom stereocenters. The fourth-order valence-electron chi connectivity index (χ4n) is 2.46. The Morgan fingerprint density at radius 2 is 1.67 bits per heavy atom. The van der Waals surface area contributed by atoms with Crippen LogP contribution >= 0.6 is 0 Å². The first kappa shape index (κ1) is 18.0. The number of ether oxygens (including phenoxy) is 1. The summed E-state index contributed by atoms with van der Waals surface area (Å²) in [5.41, 5.74) is 2.02. The van der Waals surface area contributed by atoms with Gasteiger partial charge in [-0.25, -0.2) is 4.79 Å². The van der Waals surface area contributed by atoms with E-state index in [9.17, 15) is 4.79 Å². The van der Waals surface area contributed by atoms with E-state index >= 15 is 0 Å². The maximum Gasteiger partial charge on any atom is 0.331 e. The van der Waals surface area contributed by atoms with Crippen LogP contribution in [0.5, 0.6) is 0 Å². The second-order valence-corrected chi connectivity index (χ2v) is 6.03. The largest absolute Gasteiger partial charge is 0.454 e. The lowest BCUT2D eigenvalue weighted by molar-refractivity contribution is -0.143. The zero-order valence-corrected chi connectivity index (χ0v) is 14.4. The molecule has 3 heteroatoms. The van der Waals surface area contributed by atoms with Crippen molar-refractivity contribution in [1.82, 2.24) is 4.90 Å². The molecule has 0 aromatic heterocycles. The molecule has 0 aliphatic rings. The molecule has 1 atom stereocenters. The maximum absolute atomic E-state index is 12.2. The highest BCUT2D eigenvalue weighted by atomic mass is 16.5. The molecule has 0 fully saturated rings. The summed E-state index contributed by atoms with van der Waals surface area (Å²) in [6.07, 6.45) is 4.86. The van der Waals surface area contributed by atoms with Crippen molar-refractivity contribution < 1.29 is 9.53 Å². The van der Waals surface area contributed by atoms with Crippen molar-refractivity contribution in [2.45, 2.75) is 18.9 Å². The first-order valence-electron chi connectivity index (χ1n) is 8.28. The van der Waals surface area contributed by atoms with Crippen LogP contribution in [0.3, 0.4) is 0 Å². The van der Waals surface area contributed by atoms with Gasteiger partial charge in [0.2, 0.25) is 0 Å². The molecule has 0 bridgehead atoms. The SMILES string of the molecule is CN(C)CCCC(OC(=O)/C=C/c1ccccc1)c1ccccc1. The Labute approximate surface area is 144 Å². The van der Waals surface area contributed by atoms with E-state index < -0.39 is 0 Å². The Kier molecular flexibility index (Phi) is 7.24. The van der Waals surface area contributed by atoms with Gasteiger partial charge in [-0.3, -0.25) is 0 Å². The van der Waals surface area contributed by atoms with Gasteiger partial charge in [0.1, 0.15) is 6.10 Å². The topological polar surface area (TPSA) is 29.5 Å². The number of esters is 1. The van der Waals surface area contributed by atoms with Crippen LogP contribution in [-0.4, -0.2) is 31.5 Å². The fourth-order valence-corrected chi connectivity index (χ4v) is 2.46. The van der Waals surface area contributed by atoms with E-state index in [0.717, 1.165) is 30.5 Å². The Morgan fingerprint density at radius 1 is 1.04 bits per heavy atom. The van der Waals surface area contributed by atoms with E-state index in [0.29, 0.717) is 0 Å². The second kappa shape index (κ2) is 9.68. The van der Waals surface area contributed by atoms with Crippen LogP contribution in [0.4, 0.5) is 0 Å². The molecule has 0 saturated heterocycles. The van der Waals surface area contributed by atoms with Crippen molar-refractivity contribution in [3.8, 4) is 0 Å². The molecule has 0 amide bonds. The van der Waals surface area contributed by atoms with E-state index in [1.165, 1.54) is 6.08 Å². The fraction of sp³-hybridized carbons (Fsp3) is 0.286. The molecule has 3 nitrogen and oxygen atoms in total. The predicted octanol–water partition coefficient (Wildman–Crippen LogP) is 4.33. The van der Waals surface area contributed by atoms with Crippen LogP contribution < -0.4 is 0 Å². The van der Waals surface area contributed by atoms with E-state index in [2.05, 4.69) is 4.90 Å². The molecule has 0 aliphatic heterocycles. The zero-order chi connectivity index (χ0) is 17.2. The van der Waals surface area contributed by atoms with Crippen LogP contribution in [0, 0.1) is 0 Å². The van der Waals surface area contributed by atoms with Gasteiger partial charge in [0, 0.05) is 6.08 Å². The molecule has 0 radical (unpaired) electrons. The highest BCUT2D eigenvalue weighted by Crippen LogP contribution is 2.23. The molecule has 126 valence electrons. The number of hydrogen-bond acceptors (Lipinski definition) is 3. The molecule has 0 spiro atoms. The summed E-state index contributed by atoms with van der Waals surface area (Å²) in [5.74, 6) is -0.308. The van der Waals surface area contributed by atoms with Crippen LogP contribution in [0.15, 0.2) is 66.7 Å². The third-order valence-corrected chi connectivity index (χ3v) is 3.71. The second-order valence-electron chi connectivity index (χ2n) is 6.03. The zero-order valence-electron chi connectivity index (χ0n) is 14.4. The van der Waals surface area contributed by atoms with Crippen molar-refractivity contribution in [2.24, 2.45) is 0 Å². The number of rotatable bonds is 8. The van der Waals surface area contributed by atoms with Crippen LogP contribution in [0.25, 0.3) is 6.08 Å². The molecular weight excluding hydrogens is 298 g/mol. The van der Waals surface area contributed by atoms with E-state index in [-0.39, 0.29) is 12.1 Å². The van der Waals surface area contributed by atoms with Gasteiger partial charge in [-0.2, -0.15) is 0 Å².